The molecule has 2 rings (SSSR count). The van der Waals surface area contributed by atoms with E-state index in [1.54, 1.807) is 13.0 Å². The summed E-state index contributed by atoms with van der Waals surface area (Å²) in [6, 6.07) is 4.32. The number of non-ortho nitro benzene ring substituents is 1. The van der Waals surface area contributed by atoms with E-state index in [1.807, 2.05) is 0 Å². The first kappa shape index (κ1) is 8.76. The Kier molecular flexibility index (Phi) is 1.78. The zero-order chi connectivity index (χ0) is 10.3. The lowest BCUT2D eigenvalue weighted by Gasteiger charge is -2.14. The molecule has 1 atom stereocenters. The molecule has 6 heteroatoms. The van der Waals surface area contributed by atoms with E-state index in [4.69, 9.17) is 0 Å². The molecule has 1 aliphatic rings. The van der Waals surface area contributed by atoms with Crippen LogP contribution < -0.4 is 10.4 Å². The monoisotopic (exact) mass is 195 g/mol. The van der Waals surface area contributed by atoms with Crippen LogP contribution in [0.3, 0.4) is 0 Å². The van der Waals surface area contributed by atoms with Crippen molar-refractivity contribution in [3.8, 4) is 0 Å². The molecule has 1 aliphatic heterocycles. The minimum atomic E-state index is -0.489. The third-order valence-electron chi connectivity index (χ3n) is 2.17. The largest absolute Gasteiger partial charge is 0.362 e. The molecule has 1 unspecified atom stereocenters. The first-order valence-corrected chi connectivity index (χ1v) is 4.12. The van der Waals surface area contributed by atoms with Gasteiger partial charge in [-0.2, -0.15) is 0 Å². The molecule has 2 N–H and O–H groups in total. The van der Waals surface area contributed by atoms with Gasteiger partial charge in [-0.05, 0) is 13.0 Å². The highest BCUT2D eigenvalue weighted by molar-refractivity contribution is 5.76. The highest BCUT2D eigenvalue weighted by atomic mass is 16.6. The maximum atomic E-state index is 10.5. The van der Waals surface area contributed by atoms with Gasteiger partial charge in [0.05, 0.1) is 16.3 Å². The van der Waals surface area contributed by atoms with Gasteiger partial charge in [0, 0.05) is 12.1 Å². The summed E-state index contributed by atoms with van der Waals surface area (Å²) in [5, 5.41) is 23.9. The van der Waals surface area contributed by atoms with E-state index < -0.39 is 4.92 Å². The Morgan fingerprint density at radius 2 is 2.36 bits per heavy atom. The first-order valence-electron chi connectivity index (χ1n) is 4.12. The Balaban J connectivity index is 2.46. The molecule has 0 radical (unpaired) electrons. The van der Waals surface area contributed by atoms with Gasteiger partial charge in [-0.1, -0.05) is 0 Å². The summed E-state index contributed by atoms with van der Waals surface area (Å²) in [7, 11) is 0. The molecule has 1 aromatic carbocycles. The summed E-state index contributed by atoms with van der Waals surface area (Å²) in [6.45, 7) is 1.76. The molecule has 6 nitrogen and oxygen atoms in total. The van der Waals surface area contributed by atoms with Gasteiger partial charge in [-0.3, -0.25) is 15.3 Å². The van der Waals surface area contributed by atoms with E-state index >= 15 is 0 Å². The predicted octanol–water partition coefficient (Wildman–Crippen LogP) is 1.56. The van der Waals surface area contributed by atoms with Crippen molar-refractivity contribution in [2.75, 3.05) is 10.4 Å². The van der Waals surface area contributed by atoms with Crippen molar-refractivity contribution in [2.24, 2.45) is 0 Å². The van der Waals surface area contributed by atoms with Crippen LogP contribution >= 0.6 is 0 Å². The van der Waals surface area contributed by atoms with Crippen LogP contribution in [0, 0.1) is 10.1 Å². The van der Waals surface area contributed by atoms with Gasteiger partial charge in [0.15, 0.2) is 0 Å². The summed E-state index contributed by atoms with van der Waals surface area (Å²) in [5.41, 5.74) is 1.11. The van der Waals surface area contributed by atoms with E-state index in [0.717, 1.165) is 5.06 Å². The predicted molar refractivity (Wildman–Crippen MR) is 50.4 cm³/mol. The summed E-state index contributed by atoms with van der Waals surface area (Å²) in [4.78, 5) is 9.98. The highest BCUT2D eigenvalue weighted by Gasteiger charge is 2.25. The van der Waals surface area contributed by atoms with E-state index in [0.29, 0.717) is 11.4 Å². The molecule has 0 amide bonds. The number of nitro benzene ring substituents is 1. The third kappa shape index (κ3) is 1.16. The van der Waals surface area contributed by atoms with Crippen molar-refractivity contribution in [3.63, 3.8) is 0 Å². The summed E-state index contributed by atoms with van der Waals surface area (Å²) >= 11 is 0. The average Bonchev–Trinajstić information content (AvgIpc) is 2.43. The number of anilines is 2. The fraction of sp³-hybridized carbons (Fsp3) is 0.250. The van der Waals surface area contributed by atoms with Crippen molar-refractivity contribution in [2.45, 2.75) is 13.1 Å². The summed E-state index contributed by atoms with van der Waals surface area (Å²) < 4.78 is 0. The Labute approximate surface area is 79.9 Å². The molecule has 0 spiro atoms. The Hall–Kier alpha value is -1.82. The Morgan fingerprint density at radius 1 is 1.64 bits per heavy atom. The molecule has 1 aromatic rings. The van der Waals surface area contributed by atoms with Crippen LogP contribution in [-0.4, -0.2) is 16.3 Å². The molecule has 0 bridgehead atoms. The lowest BCUT2D eigenvalue weighted by molar-refractivity contribution is -0.384. The number of hydrogen-bond donors (Lipinski definition) is 2. The fourth-order valence-electron chi connectivity index (χ4n) is 1.44. The van der Waals surface area contributed by atoms with Gasteiger partial charge >= 0.3 is 0 Å². The molecular formula is C8H9N3O3. The molecule has 1 heterocycles. The number of hydrogen-bond acceptors (Lipinski definition) is 5. The van der Waals surface area contributed by atoms with Gasteiger partial charge in [0.25, 0.3) is 5.69 Å². The maximum absolute atomic E-state index is 10.5. The second-order valence-electron chi connectivity index (χ2n) is 3.12. The van der Waals surface area contributed by atoms with E-state index in [1.165, 1.54) is 12.1 Å². The van der Waals surface area contributed by atoms with Gasteiger partial charge < -0.3 is 5.32 Å². The van der Waals surface area contributed by atoms with E-state index in [-0.39, 0.29) is 11.9 Å². The normalized spacial score (nSPS) is 19.0. The van der Waals surface area contributed by atoms with Crippen molar-refractivity contribution in [3.05, 3.63) is 28.3 Å². The number of nitro groups is 1. The number of fused-ring (bicyclic) bond motifs is 1. The minimum absolute atomic E-state index is 0.0290. The summed E-state index contributed by atoms with van der Waals surface area (Å²) in [6.07, 6.45) is -0.257. The Bertz CT molecular complexity index is 393. The first-order chi connectivity index (χ1) is 6.59. The molecule has 74 valence electrons. The van der Waals surface area contributed by atoms with Crippen molar-refractivity contribution < 1.29 is 10.1 Å². The molecule has 0 aromatic heterocycles. The second-order valence-corrected chi connectivity index (χ2v) is 3.12. The smallest absolute Gasteiger partial charge is 0.271 e. The number of nitrogens with one attached hydrogen (secondary N) is 1. The van der Waals surface area contributed by atoms with Gasteiger partial charge in [0.2, 0.25) is 0 Å². The number of nitrogens with zero attached hydrogens (tertiary/aromatic N) is 2. The topological polar surface area (TPSA) is 78.6 Å². The van der Waals surface area contributed by atoms with Crippen LogP contribution in [0.4, 0.5) is 17.1 Å². The van der Waals surface area contributed by atoms with Gasteiger partial charge in [-0.15, -0.1) is 0 Å². The molecule has 0 saturated heterocycles. The van der Waals surface area contributed by atoms with Crippen molar-refractivity contribution >= 4 is 17.1 Å². The lowest BCUT2D eigenvalue weighted by atomic mass is 10.2. The zero-order valence-electron chi connectivity index (χ0n) is 7.47. The molecule has 0 saturated carbocycles. The quantitative estimate of drug-likeness (QED) is 0.525. The average molecular weight is 195 g/mol. The maximum Gasteiger partial charge on any atom is 0.271 e. The Morgan fingerprint density at radius 3 is 3.00 bits per heavy atom. The van der Waals surface area contributed by atoms with Gasteiger partial charge in [-0.25, -0.2) is 5.06 Å². The van der Waals surface area contributed by atoms with Gasteiger partial charge in [0.1, 0.15) is 6.17 Å². The second kappa shape index (κ2) is 2.85. The van der Waals surface area contributed by atoms with Crippen LogP contribution in [0.1, 0.15) is 6.92 Å². The molecule has 14 heavy (non-hydrogen) atoms. The molecule has 0 fully saturated rings. The minimum Gasteiger partial charge on any atom is -0.362 e. The standard InChI is InChI=1S/C8H9N3O3/c1-5-9-7-3-2-6(11(13)14)4-8(7)10(5)12/h2-5,9,12H,1H3. The zero-order valence-corrected chi connectivity index (χ0v) is 7.47. The van der Waals surface area contributed by atoms with Crippen LogP contribution in [0.5, 0.6) is 0 Å². The number of benzene rings is 1. The van der Waals surface area contributed by atoms with Crippen molar-refractivity contribution in [1.82, 2.24) is 0 Å². The van der Waals surface area contributed by atoms with Crippen LogP contribution in [0.2, 0.25) is 0 Å². The number of hydroxylamine groups is 1. The highest BCUT2D eigenvalue weighted by Crippen LogP contribution is 2.35. The molecule has 0 aliphatic carbocycles. The van der Waals surface area contributed by atoms with E-state index in [2.05, 4.69) is 5.32 Å². The summed E-state index contributed by atoms with van der Waals surface area (Å²) in [5.74, 6) is 0. The lowest BCUT2D eigenvalue weighted by Crippen LogP contribution is -2.29. The third-order valence-corrected chi connectivity index (χ3v) is 2.17. The fourth-order valence-corrected chi connectivity index (χ4v) is 1.44. The van der Waals surface area contributed by atoms with E-state index in [9.17, 15) is 15.3 Å². The van der Waals surface area contributed by atoms with Crippen LogP contribution in [0.15, 0.2) is 18.2 Å². The number of rotatable bonds is 1. The van der Waals surface area contributed by atoms with Crippen LogP contribution in [0.25, 0.3) is 0 Å². The van der Waals surface area contributed by atoms with Crippen molar-refractivity contribution in [1.29, 1.82) is 0 Å². The SMILES string of the molecule is CC1Nc2ccc([N+](=O)[O-])cc2N1O. The van der Waals surface area contributed by atoms with Crippen LogP contribution in [-0.2, 0) is 0 Å². The molecular weight excluding hydrogens is 186 g/mol.